The molecule has 3 N–H and O–H groups in total. The molecule has 10 heteroatoms. The van der Waals surface area contributed by atoms with Crippen LogP contribution in [0.5, 0.6) is 0 Å². The van der Waals surface area contributed by atoms with Gasteiger partial charge in [0, 0.05) is 17.0 Å². The number of nitro groups is 1. The van der Waals surface area contributed by atoms with Crippen LogP contribution in [0.1, 0.15) is 17.3 Å². The number of amides is 1. The highest BCUT2D eigenvalue weighted by atomic mass is 32.1. The van der Waals surface area contributed by atoms with E-state index in [9.17, 15) is 19.7 Å². The average molecular weight is 412 g/mol. The molecular formula is C19H16N4O5S. The molecule has 1 amide bonds. The van der Waals surface area contributed by atoms with Gasteiger partial charge < -0.3 is 10.5 Å². The molecule has 148 valence electrons. The van der Waals surface area contributed by atoms with Crippen LogP contribution in [0.4, 0.5) is 16.5 Å². The first-order chi connectivity index (χ1) is 13.8. The molecule has 1 heterocycles. The van der Waals surface area contributed by atoms with Crippen LogP contribution in [0.15, 0.2) is 53.9 Å². The van der Waals surface area contributed by atoms with Gasteiger partial charge in [-0.25, -0.2) is 9.78 Å². The van der Waals surface area contributed by atoms with Crippen molar-refractivity contribution < 1.29 is 19.2 Å². The normalized spacial score (nSPS) is 11.5. The number of nitrogens with zero attached hydrogens (tertiary/aromatic N) is 2. The number of thiazole rings is 1. The Balaban J connectivity index is 1.64. The molecule has 0 saturated carbocycles. The van der Waals surface area contributed by atoms with Crippen LogP contribution in [-0.2, 0) is 9.53 Å². The fraction of sp³-hybridized carbons (Fsp3) is 0.105. The summed E-state index contributed by atoms with van der Waals surface area (Å²) in [5, 5.41) is 15.7. The molecule has 0 saturated heterocycles. The number of nitrogen functional groups attached to an aromatic ring is 1. The number of aromatic nitrogens is 1. The maximum Gasteiger partial charge on any atom is 0.339 e. The molecular weight excluding hydrogens is 396 g/mol. The molecule has 0 aliphatic carbocycles. The van der Waals surface area contributed by atoms with Crippen LogP contribution in [0.2, 0.25) is 0 Å². The summed E-state index contributed by atoms with van der Waals surface area (Å²) in [6.07, 6.45) is -1.14. The Labute approximate surface area is 169 Å². The summed E-state index contributed by atoms with van der Waals surface area (Å²) in [6.45, 7) is 1.39. The Bertz CT molecular complexity index is 1070. The number of rotatable bonds is 6. The van der Waals surface area contributed by atoms with Gasteiger partial charge in [0.25, 0.3) is 11.6 Å². The predicted octanol–water partition coefficient (Wildman–Crippen LogP) is 3.48. The monoisotopic (exact) mass is 412 g/mol. The lowest BCUT2D eigenvalue weighted by molar-refractivity contribution is -0.383. The number of carbonyl (C=O) groups is 2. The molecule has 0 bridgehead atoms. The van der Waals surface area contributed by atoms with Crippen molar-refractivity contribution in [3.63, 3.8) is 0 Å². The zero-order valence-corrected chi connectivity index (χ0v) is 16.0. The minimum absolute atomic E-state index is 0.0738. The van der Waals surface area contributed by atoms with Crippen molar-refractivity contribution in [2.24, 2.45) is 0 Å². The van der Waals surface area contributed by atoms with E-state index in [0.29, 0.717) is 10.8 Å². The topological polar surface area (TPSA) is 137 Å². The number of anilines is 2. The third-order valence-electron chi connectivity index (χ3n) is 3.92. The van der Waals surface area contributed by atoms with Crippen molar-refractivity contribution in [2.45, 2.75) is 13.0 Å². The molecule has 0 aliphatic rings. The van der Waals surface area contributed by atoms with E-state index in [-0.39, 0.29) is 11.3 Å². The van der Waals surface area contributed by atoms with Gasteiger partial charge in [0.2, 0.25) is 0 Å². The maximum atomic E-state index is 12.3. The van der Waals surface area contributed by atoms with Gasteiger partial charge in [0.1, 0.15) is 5.69 Å². The molecule has 29 heavy (non-hydrogen) atoms. The summed E-state index contributed by atoms with van der Waals surface area (Å²) >= 11 is 1.24. The van der Waals surface area contributed by atoms with Crippen molar-refractivity contribution >= 4 is 39.7 Å². The van der Waals surface area contributed by atoms with Crippen molar-refractivity contribution in [2.75, 3.05) is 11.1 Å². The summed E-state index contributed by atoms with van der Waals surface area (Å²) in [5.74, 6) is -1.45. The van der Waals surface area contributed by atoms with E-state index in [1.54, 1.807) is 5.38 Å². The molecule has 0 fully saturated rings. The van der Waals surface area contributed by atoms with Crippen molar-refractivity contribution in [1.29, 1.82) is 0 Å². The molecule has 2 aromatic carbocycles. The van der Waals surface area contributed by atoms with Crippen LogP contribution in [0.25, 0.3) is 11.3 Å². The second-order valence-electron chi connectivity index (χ2n) is 5.97. The van der Waals surface area contributed by atoms with Gasteiger partial charge in [-0.3, -0.25) is 20.2 Å². The quantitative estimate of drug-likeness (QED) is 0.273. The van der Waals surface area contributed by atoms with Gasteiger partial charge in [0.15, 0.2) is 11.2 Å². The fourth-order valence-corrected chi connectivity index (χ4v) is 3.11. The summed E-state index contributed by atoms with van der Waals surface area (Å²) in [6, 6.07) is 13.0. The molecule has 0 spiro atoms. The standard InChI is InChI=1S/C19H16N4O5S/c1-11(28-18(25)13-7-8-14(20)16(9-13)23(26)27)17(24)22-19-21-15(10-29-19)12-5-3-2-4-6-12/h2-11H,20H2,1H3,(H,21,22,24). The van der Waals surface area contributed by atoms with Crippen LogP contribution in [-0.4, -0.2) is 27.9 Å². The summed E-state index contributed by atoms with van der Waals surface area (Å²) < 4.78 is 5.10. The lowest BCUT2D eigenvalue weighted by Gasteiger charge is -2.12. The Kier molecular flexibility index (Phi) is 5.84. The van der Waals surface area contributed by atoms with Crippen LogP contribution in [0, 0.1) is 10.1 Å². The van der Waals surface area contributed by atoms with Crippen LogP contribution in [0.3, 0.4) is 0 Å². The lowest BCUT2D eigenvalue weighted by atomic mass is 10.2. The largest absolute Gasteiger partial charge is 0.449 e. The number of benzene rings is 2. The predicted molar refractivity (Wildman–Crippen MR) is 109 cm³/mol. The van der Waals surface area contributed by atoms with Gasteiger partial charge in [0.05, 0.1) is 16.2 Å². The molecule has 1 aromatic heterocycles. The second kappa shape index (κ2) is 8.48. The number of hydrogen-bond acceptors (Lipinski definition) is 8. The molecule has 1 atom stereocenters. The fourth-order valence-electron chi connectivity index (χ4n) is 2.39. The van der Waals surface area contributed by atoms with Crippen molar-refractivity contribution in [3.05, 3.63) is 69.6 Å². The first-order valence-electron chi connectivity index (χ1n) is 8.42. The highest BCUT2D eigenvalue weighted by Gasteiger charge is 2.22. The van der Waals surface area contributed by atoms with Crippen LogP contribution >= 0.6 is 11.3 Å². The lowest BCUT2D eigenvalue weighted by Crippen LogP contribution is -2.30. The van der Waals surface area contributed by atoms with Gasteiger partial charge in [-0.15, -0.1) is 11.3 Å². The van der Waals surface area contributed by atoms with E-state index in [4.69, 9.17) is 10.5 Å². The van der Waals surface area contributed by atoms with E-state index < -0.39 is 28.6 Å². The van der Waals surface area contributed by atoms with E-state index >= 15 is 0 Å². The molecule has 3 aromatic rings. The zero-order chi connectivity index (χ0) is 21.0. The molecule has 9 nitrogen and oxygen atoms in total. The minimum Gasteiger partial charge on any atom is -0.449 e. The number of esters is 1. The highest BCUT2D eigenvalue weighted by Crippen LogP contribution is 2.25. The number of nitro benzene ring substituents is 1. The number of carbonyl (C=O) groups excluding carboxylic acids is 2. The third-order valence-corrected chi connectivity index (χ3v) is 4.68. The smallest absolute Gasteiger partial charge is 0.339 e. The summed E-state index contributed by atoms with van der Waals surface area (Å²) in [7, 11) is 0. The SMILES string of the molecule is CC(OC(=O)c1ccc(N)c([N+](=O)[O-])c1)C(=O)Nc1nc(-c2ccccc2)cs1. The number of nitrogens with two attached hydrogens (primary N) is 1. The Hall–Kier alpha value is -3.79. The van der Waals surface area contributed by atoms with Crippen molar-refractivity contribution in [1.82, 2.24) is 4.98 Å². The number of hydrogen-bond donors (Lipinski definition) is 2. The van der Waals surface area contributed by atoms with Gasteiger partial charge in [-0.2, -0.15) is 0 Å². The number of nitrogens with one attached hydrogen (secondary N) is 1. The van der Waals surface area contributed by atoms with Gasteiger partial charge >= 0.3 is 5.97 Å². The van der Waals surface area contributed by atoms with E-state index in [1.165, 1.54) is 30.4 Å². The molecule has 0 aliphatic heterocycles. The Morgan fingerprint density at radius 2 is 1.97 bits per heavy atom. The van der Waals surface area contributed by atoms with Crippen LogP contribution < -0.4 is 11.1 Å². The molecule has 3 rings (SSSR count). The van der Waals surface area contributed by atoms with Crippen molar-refractivity contribution in [3.8, 4) is 11.3 Å². The average Bonchev–Trinajstić information content (AvgIpc) is 3.17. The highest BCUT2D eigenvalue weighted by molar-refractivity contribution is 7.14. The first-order valence-corrected chi connectivity index (χ1v) is 9.30. The number of ether oxygens (including phenoxy) is 1. The Morgan fingerprint density at radius 3 is 2.66 bits per heavy atom. The third kappa shape index (κ3) is 4.74. The van der Waals surface area contributed by atoms with E-state index in [2.05, 4.69) is 10.3 Å². The summed E-state index contributed by atoms with van der Waals surface area (Å²) in [4.78, 5) is 39.1. The van der Waals surface area contributed by atoms with E-state index in [0.717, 1.165) is 11.6 Å². The zero-order valence-electron chi connectivity index (χ0n) is 15.2. The molecule has 0 radical (unpaired) electrons. The minimum atomic E-state index is -1.14. The Morgan fingerprint density at radius 1 is 1.24 bits per heavy atom. The summed E-state index contributed by atoms with van der Waals surface area (Å²) in [5.41, 5.74) is 6.57. The maximum absolute atomic E-state index is 12.3. The second-order valence-corrected chi connectivity index (χ2v) is 6.83. The first kappa shape index (κ1) is 20.0. The molecule has 1 unspecified atom stereocenters. The van der Waals surface area contributed by atoms with Gasteiger partial charge in [-0.1, -0.05) is 30.3 Å². The van der Waals surface area contributed by atoms with E-state index in [1.807, 2.05) is 30.3 Å². The van der Waals surface area contributed by atoms with Gasteiger partial charge in [-0.05, 0) is 19.1 Å².